The lowest BCUT2D eigenvalue weighted by atomic mass is 9.83. The number of nitrogens with zero attached hydrogens (tertiary/aromatic N) is 1. The van der Waals surface area contributed by atoms with E-state index in [0.29, 0.717) is 63.7 Å². The highest BCUT2D eigenvalue weighted by atomic mass is 16.4. The van der Waals surface area contributed by atoms with Gasteiger partial charge in [-0.15, -0.1) is 0 Å². The zero-order valence-corrected chi connectivity index (χ0v) is 25.9. The molecule has 0 aromatic carbocycles. The number of carboxylic acids is 2. The first-order valence-electron chi connectivity index (χ1n) is 14.9. The number of nitrogens with one attached hydrogen (secondary N) is 3. The summed E-state index contributed by atoms with van der Waals surface area (Å²) in [5.74, 6) is -5.52. The van der Waals surface area contributed by atoms with E-state index in [1.165, 1.54) is 6.08 Å². The third-order valence-electron chi connectivity index (χ3n) is 9.41. The van der Waals surface area contributed by atoms with Crippen molar-refractivity contribution in [2.45, 2.75) is 60.3 Å². The van der Waals surface area contributed by atoms with Crippen LogP contribution >= 0.6 is 0 Å². The molecule has 0 fully saturated rings. The SMILES string of the molecule is C=CC1=C(C)/C(=C/C2=NC(=C3\c4[nH]c(Cc5[nH]c(C=O)c(C)c5CC)c(C)c4C(=O)C3C(=O)O)/C(CCC(=O)O)C2C)NC1=O. The van der Waals surface area contributed by atoms with Crippen LogP contribution in [0.2, 0.25) is 0 Å². The smallest absolute Gasteiger partial charge is 0.319 e. The lowest BCUT2D eigenvalue weighted by Crippen LogP contribution is -2.23. The Labute approximate surface area is 259 Å². The summed E-state index contributed by atoms with van der Waals surface area (Å²) in [6.45, 7) is 13.0. The Hall–Kier alpha value is -5.06. The summed E-state index contributed by atoms with van der Waals surface area (Å²) in [6.07, 6.45) is 5.02. The third-order valence-corrected chi connectivity index (χ3v) is 9.41. The first-order valence-corrected chi connectivity index (χ1v) is 14.9. The van der Waals surface area contributed by atoms with Crippen molar-refractivity contribution in [2.24, 2.45) is 22.7 Å². The highest BCUT2D eigenvalue weighted by Crippen LogP contribution is 2.48. The number of fused-ring (bicyclic) bond motifs is 1. The monoisotopic (exact) mass is 612 g/mol. The molecule has 5 N–H and O–H groups in total. The van der Waals surface area contributed by atoms with Crippen LogP contribution in [0.25, 0.3) is 5.57 Å². The van der Waals surface area contributed by atoms with E-state index < -0.39 is 29.6 Å². The van der Waals surface area contributed by atoms with Crippen LogP contribution in [0.5, 0.6) is 0 Å². The van der Waals surface area contributed by atoms with Crippen molar-refractivity contribution in [3.8, 4) is 0 Å². The number of aromatic amines is 2. The molecule has 45 heavy (non-hydrogen) atoms. The maximum atomic E-state index is 13.8. The van der Waals surface area contributed by atoms with E-state index in [2.05, 4.69) is 21.9 Å². The molecule has 3 aliphatic rings. The van der Waals surface area contributed by atoms with Crippen molar-refractivity contribution < 1.29 is 34.2 Å². The fraction of sp³-hybridized carbons (Fsp3) is 0.353. The standard InChI is InChI=1S/C34H36N4O7/c1-7-18-14(3)25(13-39)35-24(18)12-23-17(6)27-31(37-23)28(29(32(27)42)34(44)45)30-20(9-10-26(40)41)16(5)21(36-30)11-22-15(4)19(8-2)33(43)38-22/h8,11,13,16,20,29,35,37H,2,7,9-10,12H2,1,3-6H3,(H,38,43)(H,40,41)(H,44,45)/b22-11-,30-28-. The van der Waals surface area contributed by atoms with E-state index in [9.17, 15) is 34.2 Å². The second-order valence-corrected chi connectivity index (χ2v) is 11.8. The molecule has 11 nitrogen and oxygen atoms in total. The Balaban J connectivity index is 1.69. The van der Waals surface area contributed by atoms with E-state index in [1.807, 2.05) is 20.8 Å². The van der Waals surface area contributed by atoms with E-state index >= 15 is 0 Å². The summed E-state index contributed by atoms with van der Waals surface area (Å²) in [5.41, 5.74) is 7.93. The number of allylic oxidation sites excluding steroid dienone is 3. The number of carboxylic acid groups (broad SMARTS) is 2. The van der Waals surface area contributed by atoms with Crippen molar-refractivity contribution in [3.63, 3.8) is 0 Å². The molecule has 2 aliphatic heterocycles. The fourth-order valence-corrected chi connectivity index (χ4v) is 6.90. The average molecular weight is 613 g/mol. The van der Waals surface area contributed by atoms with Gasteiger partial charge < -0.3 is 25.5 Å². The van der Waals surface area contributed by atoms with Crippen LogP contribution in [0.1, 0.15) is 88.2 Å². The van der Waals surface area contributed by atoms with E-state index in [4.69, 9.17) is 4.99 Å². The van der Waals surface area contributed by atoms with Crippen LogP contribution in [-0.2, 0) is 27.2 Å². The Morgan fingerprint density at radius 2 is 1.78 bits per heavy atom. The van der Waals surface area contributed by atoms with Gasteiger partial charge in [0.1, 0.15) is 5.92 Å². The molecule has 3 atom stereocenters. The Morgan fingerprint density at radius 1 is 1.07 bits per heavy atom. The van der Waals surface area contributed by atoms with Gasteiger partial charge in [0.2, 0.25) is 0 Å². The largest absolute Gasteiger partial charge is 0.481 e. The number of carbonyl (C=O) groups excluding carboxylic acids is 3. The Morgan fingerprint density at radius 3 is 2.36 bits per heavy atom. The number of aliphatic carboxylic acids is 2. The molecule has 2 aromatic heterocycles. The molecule has 1 aliphatic carbocycles. The number of Topliss-reactive ketones (excluding diaryl/α,β-unsaturated/α-hetero) is 1. The minimum Gasteiger partial charge on any atom is -0.481 e. The quantitative estimate of drug-likeness (QED) is 0.192. The molecule has 0 saturated heterocycles. The van der Waals surface area contributed by atoms with Gasteiger partial charge in [0.25, 0.3) is 5.91 Å². The normalized spacial score (nSPS) is 23.5. The van der Waals surface area contributed by atoms with Crippen LogP contribution < -0.4 is 5.32 Å². The van der Waals surface area contributed by atoms with Crippen LogP contribution in [0.4, 0.5) is 0 Å². The maximum Gasteiger partial charge on any atom is 0.319 e. The second kappa shape index (κ2) is 11.8. The van der Waals surface area contributed by atoms with E-state index in [0.717, 1.165) is 23.1 Å². The molecule has 0 radical (unpaired) electrons. The molecule has 1 amide bonds. The molecule has 11 heteroatoms. The lowest BCUT2D eigenvalue weighted by molar-refractivity contribution is -0.139. The van der Waals surface area contributed by atoms with Gasteiger partial charge in [0.05, 0.1) is 17.1 Å². The van der Waals surface area contributed by atoms with Crippen molar-refractivity contribution >= 4 is 41.2 Å². The topological polar surface area (TPSA) is 182 Å². The number of H-pyrrole nitrogens is 2. The zero-order chi connectivity index (χ0) is 32.9. The van der Waals surface area contributed by atoms with Crippen LogP contribution in [0, 0.1) is 31.6 Å². The van der Waals surface area contributed by atoms with E-state index in [-0.39, 0.29) is 35.8 Å². The molecule has 5 rings (SSSR count). The van der Waals surface area contributed by atoms with Gasteiger partial charge in [-0.1, -0.05) is 26.5 Å². The number of amides is 1. The average Bonchev–Trinajstić information content (AvgIpc) is 3.72. The van der Waals surface area contributed by atoms with Gasteiger partial charge >= 0.3 is 11.9 Å². The summed E-state index contributed by atoms with van der Waals surface area (Å²) in [5, 5.41) is 22.6. The predicted octanol–water partition coefficient (Wildman–Crippen LogP) is 4.62. The lowest BCUT2D eigenvalue weighted by Gasteiger charge is -2.19. The highest BCUT2D eigenvalue weighted by Gasteiger charge is 2.48. The zero-order valence-electron chi connectivity index (χ0n) is 25.9. The third kappa shape index (κ3) is 5.11. The van der Waals surface area contributed by atoms with Crippen LogP contribution in [-0.4, -0.2) is 55.8 Å². The second-order valence-electron chi connectivity index (χ2n) is 11.8. The van der Waals surface area contributed by atoms with Gasteiger partial charge in [-0.25, -0.2) is 0 Å². The summed E-state index contributed by atoms with van der Waals surface area (Å²) in [4.78, 5) is 73.4. The minimum absolute atomic E-state index is 0.170. The molecule has 4 heterocycles. The number of hydrogen-bond donors (Lipinski definition) is 5. The number of hydrogen-bond acceptors (Lipinski definition) is 6. The van der Waals surface area contributed by atoms with Gasteiger partial charge in [-0.3, -0.25) is 29.0 Å². The first kappa shape index (κ1) is 31.4. The van der Waals surface area contributed by atoms with E-state index in [1.54, 1.807) is 19.9 Å². The molecule has 234 valence electrons. The predicted molar refractivity (Wildman–Crippen MR) is 167 cm³/mol. The van der Waals surface area contributed by atoms with Gasteiger partial charge in [0.15, 0.2) is 12.1 Å². The summed E-state index contributed by atoms with van der Waals surface area (Å²) < 4.78 is 0. The number of aliphatic imine (C=N–C) groups is 1. The number of ketones is 1. The van der Waals surface area contributed by atoms with Crippen molar-refractivity contribution in [3.05, 3.63) is 86.3 Å². The highest BCUT2D eigenvalue weighted by molar-refractivity contribution is 6.24. The minimum atomic E-state index is -1.51. The molecule has 3 unspecified atom stereocenters. The molecular weight excluding hydrogens is 576 g/mol. The Kier molecular flexibility index (Phi) is 8.22. The van der Waals surface area contributed by atoms with Gasteiger partial charge in [0, 0.05) is 64.2 Å². The number of rotatable bonds is 10. The van der Waals surface area contributed by atoms with Crippen molar-refractivity contribution in [2.75, 3.05) is 0 Å². The molecule has 2 aromatic rings. The van der Waals surface area contributed by atoms with Gasteiger partial charge in [-0.2, -0.15) is 0 Å². The molecule has 0 saturated carbocycles. The first-order chi connectivity index (χ1) is 21.3. The molecule has 0 bridgehead atoms. The fourth-order valence-electron chi connectivity index (χ4n) is 6.90. The molecular formula is C34H36N4O7. The molecule has 0 spiro atoms. The van der Waals surface area contributed by atoms with Crippen molar-refractivity contribution in [1.29, 1.82) is 0 Å². The number of aromatic nitrogens is 2. The Bertz CT molecular complexity index is 1830. The maximum absolute atomic E-state index is 13.8. The number of carbonyl (C=O) groups is 5. The summed E-state index contributed by atoms with van der Waals surface area (Å²) in [7, 11) is 0. The van der Waals surface area contributed by atoms with Crippen LogP contribution in [0.3, 0.4) is 0 Å². The summed E-state index contributed by atoms with van der Waals surface area (Å²) >= 11 is 0. The van der Waals surface area contributed by atoms with Gasteiger partial charge in [-0.05, 0) is 62.0 Å². The van der Waals surface area contributed by atoms with Crippen LogP contribution in [0.15, 0.2) is 46.3 Å². The number of aldehydes is 1. The van der Waals surface area contributed by atoms with Crippen molar-refractivity contribution in [1.82, 2.24) is 15.3 Å². The summed E-state index contributed by atoms with van der Waals surface area (Å²) in [6, 6.07) is 0.